The number of aryl methyl sites for hydroxylation is 1. The van der Waals surface area contributed by atoms with E-state index in [1.54, 1.807) is 12.3 Å². The summed E-state index contributed by atoms with van der Waals surface area (Å²) in [4.78, 5) is 4.78. The highest BCUT2D eigenvalue weighted by atomic mass is 35.5. The van der Waals surface area contributed by atoms with Crippen molar-refractivity contribution in [2.45, 2.75) is 18.4 Å². The Balaban J connectivity index is 1.75. The molecule has 1 fully saturated rings. The van der Waals surface area contributed by atoms with E-state index in [1.807, 2.05) is 25.1 Å². The minimum absolute atomic E-state index is 0.0579. The molecule has 30 heavy (non-hydrogen) atoms. The quantitative estimate of drug-likeness (QED) is 0.598. The van der Waals surface area contributed by atoms with Crippen LogP contribution in [0.5, 0.6) is 5.75 Å². The third-order valence-electron chi connectivity index (χ3n) is 5.76. The van der Waals surface area contributed by atoms with Crippen molar-refractivity contribution in [3.8, 4) is 5.75 Å². The summed E-state index contributed by atoms with van der Waals surface area (Å²) in [6.45, 7) is 6.71. The molecule has 2 heterocycles. The van der Waals surface area contributed by atoms with Crippen molar-refractivity contribution in [3.05, 3.63) is 58.7 Å². The molecule has 0 unspecified atom stereocenters. The Bertz CT molecular complexity index is 1180. The summed E-state index contributed by atoms with van der Waals surface area (Å²) in [5, 5.41) is 1.33. The fourth-order valence-electron chi connectivity index (χ4n) is 3.90. The summed E-state index contributed by atoms with van der Waals surface area (Å²) in [5.41, 5.74) is 2.54. The zero-order valence-corrected chi connectivity index (χ0v) is 19.0. The number of rotatable bonds is 5. The molecule has 1 aliphatic rings. The van der Waals surface area contributed by atoms with Crippen molar-refractivity contribution >= 4 is 32.5 Å². The van der Waals surface area contributed by atoms with Gasteiger partial charge in [-0.15, -0.1) is 0 Å². The lowest BCUT2D eigenvalue weighted by Crippen LogP contribution is -2.43. The van der Waals surface area contributed by atoms with Gasteiger partial charge in [0.05, 0.1) is 12.6 Å². The van der Waals surface area contributed by atoms with Gasteiger partial charge in [-0.1, -0.05) is 23.7 Å². The van der Waals surface area contributed by atoms with E-state index >= 15 is 0 Å². The van der Waals surface area contributed by atoms with Crippen LogP contribution >= 0.6 is 11.6 Å². The molecule has 0 amide bonds. The van der Waals surface area contributed by atoms with E-state index in [0.29, 0.717) is 10.5 Å². The number of nitrogens with zero attached hydrogens (tertiary/aromatic N) is 3. The zero-order chi connectivity index (χ0) is 21.5. The lowest BCUT2D eigenvalue weighted by Gasteiger charge is -2.32. The van der Waals surface area contributed by atoms with Crippen LogP contribution in [0, 0.1) is 6.92 Å². The minimum atomic E-state index is -3.87. The molecule has 3 aromatic rings. The van der Waals surface area contributed by atoms with Crippen LogP contribution in [0.25, 0.3) is 10.9 Å². The fraction of sp³-hybridized carbons (Fsp3) is 0.364. The summed E-state index contributed by atoms with van der Waals surface area (Å²) in [6.07, 6.45) is 1.61. The molecule has 0 atom stereocenters. The lowest BCUT2D eigenvalue weighted by atomic mass is 10.1. The van der Waals surface area contributed by atoms with E-state index in [4.69, 9.17) is 16.3 Å². The molecule has 8 heteroatoms. The van der Waals surface area contributed by atoms with Gasteiger partial charge < -0.3 is 9.64 Å². The Morgan fingerprint density at radius 2 is 1.83 bits per heavy atom. The summed E-state index contributed by atoms with van der Waals surface area (Å²) < 4.78 is 33.7. The molecule has 4 rings (SSSR count). The number of methoxy groups -OCH3 is 1. The van der Waals surface area contributed by atoms with Crippen molar-refractivity contribution in [1.82, 2.24) is 13.8 Å². The van der Waals surface area contributed by atoms with E-state index in [9.17, 15) is 8.42 Å². The largest absolute Gasteiger partial charge is 0.495 e. The van der Waals surface area contributed by atoms with Gasteiger partial charge in [0, 0.05) is 49.3 Å². The van der Waals surface area contributed by atoms with Gasteiger partial charge in [0.1, 0.15) is 10.6 Å². The highest BCUT2D eigenvalue weighted by Crippen LogP contribution is 2.33. The molecule has 0 bridgehead atoms. The molecule has 1 aromatic heterocycles. The number of benzene rings is 2. The van der Waals surface area contributed by atoms with E-state index in [-0.39, 0.29) is 10.6 Å². The number of fused-ring (bicyclic) bond motifs is 1. The molecule has 0 saturated carbocycles. The van der Waals surface area contributed by atoms with E-state index < -0.39 is 10.0 Å². The Kier molecular flexibility index (Phi) is 5.81. The van der Waals surface area contributed by atoms with Crippen molar-refractivity contribution in [1.29, 1.82) is 0 Å². The van der Waals surface area contributed by atoms with Crippen molar-refractivity contribution < 1.29 is 13.2 Å². The van der Waals surface area contributed by atoms with E-state index in [0.717, 1.165) is 49.2 Å². The Morgan fingerprint density at radius 3 is 2.53 bits per heavy atom. The third kappa shape index (κ3) is 3.83. The molecule has 0 N–H and O–H groups in total. The molecule has 6 nitrogen and oxygen atoms in total. The predicted octanol–water partition coefficient (Wildman–Crippen LogP) is 3.60. The first-order valence-corrected chi connectivity index (χ1v) is 11.7. The van der Waals surface area contributed by atoms with Gasteiger partial charge in [-0.3, -0.25) is 4.90 Å². The normalized spacial score (nSPS) is 16.3. The average molecular weight is 448 g/mol. The van der Waals surface area contributed by atoms with Gasteiger partial charge in [-0.05, 0) is 49.4 Å². The first kappa shape index (κ1) is 21.2. The number of hydrogen-bond acceptors (Lipinski definition) is 5. The fourth-order valence-corrected chi connectivity index (χ4v) is 5.65. The third-order valence-corrected chi connectivity index (χ3v) is 7.88. The lowest BCUT2D eigenvalue weighted by molar-refractivity contribution is 0.148. The van der Waals surface area contributed by atoms with Crippen LogP contribution in [-0.4, -0.2) is 62.5 Å². The Labute approximate surface area is 182 Å². The number of hydrogen-bond donors (Lipinski definition) is 0. The van der Waals surface area contributed by atoms with Gasteiger partial charge in [0.2, 0.25) is 0 Å². The van der Waals surface area contributed by atoms with Crippen LogP contribution in [0.15, 0.2) is 47.5 Å². The van der Waals surface area contributed by atoms with E-state index in [2.05, 4.69) is 22.9 Å². The molecular formula is C22H26ClN3O3S. The van der Waals surface area contributed by atoms with Gasteiger partial charge in [0.15, 0.2) is 0 Å². The van der Waals surface area contributed by atoms with Crippen LogP contribution in [0.1, 0.15) is 11.1 Å². The molecule has 160 valence electrons. The molecule has 0 spiro atoms. The maximum atomic E-state index is 13.5. The highest BCUT2D eigenvalue weighted by molar-refractivity contribution is 7.90. The van der Waals surface area contributed by atoms with Crippen LogP contribution in [-0.2, 0) is 16.6 Å². The summed E-state index contributed by atoms with van der Waals surface area (Å²) in [7, 11) is -0.279. The second-order valence-corrected chi connectivity index (χ2v) is 9.99. The van der Waals surface area contributed by atoms with Gasteiger partial charge in [0.25, 0.3) is 10.0 Å². The number of likely N-dealkylation sites (N-methyl/N-ethyl adjacent to an activating group) is 1. The predicted molar refractivity (Wildman–Crippen MR) is 120 cm³/mol. The van der Waals surface area contributed by atoms with Crippen LogP contribution in [0.2, 0.25) is 5.02 Å². The van der Waals surface area contributed by atoms with Crippen LogP contribution < -0.4 is 4.74 Å². The average Bonchev–Trinajstić information content (AvgIpc) is 3.17. The van der Waals surface area contributed by atoms with Crippen molar-refractivity contribution in [3.63, 3.8) is 0 Å². The Hall–Kier alpha value is -2.06. The van der Waals surface area contributed by atoms with E-state index in [1.165, 1.54) is 17.1 Å². The molecule has 2 aromatic carbocycles. The monoisotopic (exact) mass is 447 g/mol. The standard InChI is InChI=1S/C22H26ClN3O3S/c1-16-13-21(29-3)22(14-19(16)23)30(27,28)26-8-7-18-17(5-4-6-20(18)26)15-25-11-9-24(2)10-12-25/h4-8,13-14H,9-12,15H2,1-3H3. The first-order valence-electron chi connectivity index (χ1n) is 9.91. The molecule has 1 aliphatic heterocycles. The van der Waals surface area contributed by atoms with Gasteiger partial charge >= 0.3 is 0 Å². The second-order valence-electron chi connectivity index (χ2n) is 7.80. The maximum absolute atomic E-state index is 13.5. The minimum Gasteiger partial charge on any atom is -0.495 e. The van der Waals surface area contributed by atoms with Crippen molar-refractivity contribution in [2.24, 2.45) is 0 Å². The van der Waals surface area contributed by atoms with Gasteiger partial charge in [-0.25, -0.2) is 12.4 Å². The highest BCUT2D eigenvalue weighted by Gasteiger charge is 2.25. The van der Waals surface area contributed by atoms with Crippen LogP contribution in [0.4, 0.5) is 0 Å². The molecule has 0 aliphatic carbocycles. The molecule has 0 radical (unpaired) electrons. The summed E-state index contributed by atoms with van der Waals surface area (Å²) in [6, 6.07) is 10.8. The smallest absolute Gasteiger partial charge is 0.271 e. The Morgan fingerprint density at radius 1 is 1.10 bits per heavy atom. The zero-order valence-electron chi connectivity index (χ0n) is 17.4. The summed E-state index contributed by atoms with van der Waals surface area (Å²) in [5.74, 6) is 0.285. The molecular weight excluding hydrogens is 422 g/mol. The topological polar surface area (TPSA) is 54.8 Å². The van der Waals surface area contributed by atoms with Gasteiger partial charge in [-0.2, -0.15) is 0 Å². The first-order chi connectivity index (χ1) is 14.3. The second kappa shape index (κ2) is 8.23. The van der Waals surface area contributed by atoms with Crippen molar-refractivity contribution in [2.75, 3.05) is 40.3 Å². The number of halogens is 1. The van der Waals surface area contributed by atoms with Crippen LogP contribution in [0.3, 0.4) is 0 Å². The number of ether oxygens (including phenoxy) is 1. The molecule has 1 saturated heterocycles. The SMILES string of the molecule is COc1cc(C)c(Cl)cc1S(=O)(=O)n1ccc2c(CN3CCN(C)CC3)cccc21. The number of aromatic nitrogens is 1. The number of piperazine rings is 1. The summed E-state index contributed by atoms with van der Waals surface area (Å²) >= 11 is 6.23. The maximum Gasteiger partial charge on any atom is 0.271 e.